The van der Waals surface area contributed by atoms with Crippen molar-refractivity contribution in [2.45, 2.75) is 25.4 Å². The Balaban J connectivity index is 1.85. The van der Waals surface area contributed by atoms with Crippen molar-refractivity contribution in [1.82, 2.24) is 14.5 Å². The van der Waals surface area contributed by atoms with E-state index >= 15 is 0 Å². The number of likely N-dealkylation sites (N-methyl/N-ethyl adjacent to an activating group) is 1. The molecule has 0 aliphatic heterocycles. The minimum absolute atomic E-state index is 0.566. The van der Waals surface area contributed by atoms with Crippen LogP contribution in [-0.4, -0.2) is 34.1 Å². The number of halogens is 1. The molecular weight excluding hydrogens is 248 g/mol. The van der Waals surface area contributed by atoms with Gasteiger partial charge in [-0.2, -0.15) is 0 Å². The highest BCUT2D eigenvalue weighted by Gasteiger charge is 2.25. The molecule has 1 fully saturated rings. The van der Waals surface area contributed by atoms with Gasteiger partial charge in [0.15, 0.2) is 0 Å². The largest absolute Gasteiger partial charge is 0.369 e. The molecule has 1 heterocycles. The summed E-state index contributed by atoms with van der Waals surface area (Å²) in [6.45, 7) is 1.85. The zero-order chi connectivity index (χ0) is 12.7. The van der Waals surface area contributed by atoms with E-state index in [0.717, 1.165) is 35.2 Å². The Labute approximate surface area is 111 Å². The summed E-state index contributed by atoms with van der Waals surface area (Å²) in [6.07, 6.45) is 2.64. The van der Waals surface area contributed by atoms with E-state index in [2.05, 4.69) is 16.9 Å². The smallest absolute Gasteiger partial charge is 0.201 e. The second-order valence-electron chi connectivity index (χ2n) is 4.97. The molecule has 1 saturated carbocycles. The zero-order valence-corrected chi connectivity index (χ0v) is 11.2. The highest BCUT2D eigenvalue weighted by Crippen LogP contribution is 2.26. The lowest BCUT2D eigenvalue weighted by Crippen LogP contribution is -2.25. The van der Waals surface area contributed by atoms with Crippen molar-refractivity contribution < 1.29 is 0 Å². The number of nitrogens with zero attached hydrogens (tertiary/aromatic N) is 3. The van der Waals surface area contributed by atoms with E-state index < -0.39 is 0 Å². The molecule has 1 aliphatic carbocycles. The minimum Gasteiger partial charge on any atom is -0.369 e. The van der Waals surface area contributed by atoms with Gasteiger partial charge in [0.05, 0.1) is 11.0 Å². The predicted octanol–water partition coefficient (Wildman–Crippen LogP) is 2.37. The topological polar surface area (TPSA) is 47.1 Å². The Morgan fingerprint density at radius 1 is 1.50 bits per heavy atom. The molecule has 0 bridgehead atoms. The lowest BCUT2D eigenvalue weighted by atomic mass is 10.3. The third kappa shape index (κ3) is 2.18. The van der Waals surface area contributed by atoms with E-state index in [9.17, 15) is 0 Å². The van der Waals surface area contributed by atoms with Crippen LogP contribution in [0.1, 0.15) is 12.8 Å². The highest BCUT2D eigenvalue weighted by atomic mass is 35.5. The number of fused-ring (bicyclic) bond motifs is 1. The van der Waals surface area contributed by atoms with Crippen LogP contribution < -0.4 is 5.73 Å². The summed E-state index contributed by atoms with van der Waals surface area (Å²) in [7, 11) is 2.17. The van der Waals surface area contributed by atoms with Gasteiger partial charge in [0.2, 0.25) is 5.95 Å². The van der Waals surface area contributed by atoms with E-state index in [4.69, 9.17) is 17.3 Å². The zero-order valence-electron chi connectivity index (χ0n) is 10.4. The number of aromatic nitrogens is 2. The van der Waals surface area contributed by atoms with E-state index in [1.165, 1.54) is 12.8 Å². The molecule has 1 aromatic carbocycles. The SMILES string of the molecule is CN(CCn1c(N)nc2ccc(Cl)cc21)C1CC1. The van der Waals surface area contributed by atoms with Crippen LogP contribution in [0.2, 0.25) is 5.02 Å². The van der Waals surface area contributed by atoms with Gasteiger partial charge in [0, 0.05) is 24.2 Å². The molecular formula is C13H17ClN4. The average molecular weight is 265 g/mol. The molecule has 96 valence electrons. The lowest BCUT2D eigenvalue weighted by Gasteiger charge is -2.16. The molecule has 0 atom stereocenters. The molecule has 1 aromatic heterocycles. The van der Waals surface area contributed by atoms with E-state index in [1.807, 2.05) is 22.8 Å². The molecule has 2 aromatic rings. The maximum Gasteiger partial charge on any atom is 0.201 e. The van der Waals surface area contributed by atoms with Gasteiger partial charge in [0.1, 0.15) is 0 Å². The number of imidazole rings is 1. The molecule has 5 heteroatoms. The van der Waals surface area contributed by atoms with Crippen molar-refractivity contribution in [2.24, 2.45) is 0 Å². The lowest BCUT2D eigenvalue weighted by molar-refractivity contribution is 0.311. The Hall–Kier alpha value is -1.26. The molecule has 0 saturated heterocycles. The first-order valence-electron chi connectivity index (χ1n) is 6.26. The van der Waals surface area contributed by atoms with Gasteiger partial charge in [-0.3, -0.25) is 0 Å². The third-order valence-electron chi connectivity index (χ3n) is 3.59. The fourth-order valence-electron chi connectivity index (χ4n) is 2.31. The van der Waals surface area contributed by atoms with Crippen molar-refractivity contribution in [3.8, 4) is 0 Å². The number of nitrogens with two attached hydrogens (primary N) is 1. The molecule has 0 amide bonds. The summed E-state index contributed by atoms with van der Waals surface area (Å²) in [4.78, 5) is 6.74. The second kappa shape index (κ2) is 4.44. The summed E-state index contributed by atoms with van der Waals surface area (Å²) in [5, 5.41) is 0.721. The van der Waals surface area contributed by atoms with Gasteiger partial charge in [-0.1, -0.05) is 11.6 Å². The number of rotatable bonds is 4. The first-order chi connectivity index (χ1) is 8.65. The van der Waals surface area contributed by atoms with Crippen molar-refractivity contribution in [2.75, 3.05) is 19.3 Å². The van der Waals surface area contributed by atoms with Gasteiger partial charge in [0.25, 0.3) is 0 Å². The number of nitrogen functional groups attached to an aromatic ring is 1. The van der Waals surface area contributed by atoms with Crippen LogP contribution in [-0.2, 0) is 6.54 Å². The maximum absolute atomic E-state index is 6.03. The second-order valence-corrected chi connectivity index (χ2v) is 5.40. The van der Waals surface area contributed by atoms with Crippen molar-refractivity contribution >= 4 is 28.6 Å². The van der Waals surface area contributed by atoms with Gasteiger partial charge in [-0.25, -0.2) is 4.98 Å². The van der Waals surface area contributed by atoms with E-state index in [0.29, 0.717) is 5.95 Å². The first-order valence-corrected chi connectivity index (χ1v) is 6.64. The quantitative estimate of drug-likeness (QED) is 0.922. The van der Waals surface area contributed by atoms with E-state index in [-0.39, 0.29) is 0 Å². The summed E-state index contributed by atoms with van der Waals surface area (Å²) < 4.78 is 2.04. The van der Waals surface area contributed by atoms with Crippen LogP contribution in [0.15, 0.2) is 18.2 Å². The van der Waals surface area contributed by atoms with Gasteiger partial charge in [-0.05, 0) is 38.1 Å². The molecule has 0 radical (unpaired) electrons. The Morgan fingerprint density at radius 2 is 2.28 bits per heavy atom. The molecule has 18 heavy (non-hydrogen) atoms. The number of benzene rings is 1. The van der Waals surface area contributed by atoms with Crippen LogP contribution >= 0.6 is 11.6 Å². The van der Waals surface area contributed by atoms with Crippen molar-refractivity contribution in [3.63, 3.8) is 0 Å². The molecule has 4 nitrogen and oxygen atoms in total. The monoisotopic (exact) mass is 264 g/mol. The standard InChI is InChI=1S/C13H17ClN4/c1-17(10-3-4-10)6-7-18-12-8-9(14)2-5-11(12)16-13(18)15/h2,5,8,10H,3-4,6-7H2,1H3,(H2,15,16). The van der Waals surface area contributed by atoms with Crippen LogP contribution in [0.3, 0.4) is 0 Å². The minimum atomic E-state index is 0.566. The number of hydrogen-bond donors (Lipinski definition) is 1. The predicted molar refractivity (Wildman–Crippen MR) is 74.8 cm³/mol. The fourth-order valence-corrected chi connectivity index (χ4v) is 2.47. The molecule has 2 N–H and O–H groups in total. The van der Waals surface area contributed by atoms with Crippen molar-refractivity contribution in [1.29, 1.82) is 0 Å². The molecule has 0 unspecified atom stereocenters. The highest BCUT2D eigenvalue weighted by molar-refractivity contribution is 6.31. The molecule has 0 spiro atoms. The Bertz CT molecular complexity index is 574. The van der Waals surface area contributed by atoms with Gasteiger partial charge >= 0.3 is 0 Å². The number of hydrogen-bond acceptors (Lipinski definition) is 3. The fraction of sp³-hybridized carbons (Fsp3) is 0.462. The van der Waals surface area contributed by atoms with Gasteiger partial charge < -0.3 is 15.2 Å². The van der Waals surface area contributed by atoms with Crippen LogP contribution in [0, 0.1) is 0 Å². The van der Waals surface area contributed by atoms with Gasteiger partial charge in [-0.15, -0.1) is 0 Å². The average Bonchev–Trinajstić information content (AvgIpc) is 3.12. The summed E-state index contributed by atoms with van der Waals surface area (Å²) in [5.41, 5.74) is 7.90. The van der Waals surface area contributed by atoms with Crippen molar-refractivity contribution in [3.05, 3.63) is 23.2 Å². The van der Waals surface area contributed by atoms with Crippen LogP contribution in [0.25, 0.3) is 11.0 Å². The maximum atomic E-state index is 6.03. The number of anilines is 1. The first kappa shape index (κ1) is 11.8. The van der Waals surface area contributed by atoms with Crippen LogP contribution in [0.5, 0.6) is 0 Å². The Morgan fingerprint density at radius 3 is 3.00 bits per heavy atom. The normalized spacial score (nSPS) is 15.7. The molecule has 1 aliphatic rings. The summed E-state index contributed by atoms with van der Waals surface area (Å²) in [5.74, 6) is 0.566. The Kier molecular flexibility index (Phi) is 2.92. The molecule has 3 rings (SSSR count). The van der Waals surface area contributed by atoms with Crippen LogP contribution in [0.4, 0.5) is 5.95 Å². The summed E-state index contributed by atoms with van der Waals surface area (Å²) >= 11 is 6.03. The van der Waals surface area contributed by atoms with E-state index in [1.54, 1.807) is 0 Å². The third-order valence-corrected chi connectivity index (χ3v) is 3.82. The summed E-state index contributed by atoms with van der Waals surface area (Å²) in [6, 6.07) is 6.45.